The molecule has 1 aromatic heterocycles. The van der Waals surface area contributed by atoms with Crippen LogP contribution in [0.25, 0.3) is 87.5 Å². The van der Waals surface area contributed by atoms with Gasteiger partial charge in [0.25, 0.3) is 0 Å². The summed E-state index contributed by atoms with van der Waals surface area (Å²) in [6.45, 7) is 0. The number of fused-ring (bicyclic) bond motifs is 9. The summed E-state index contributed by atoms with van der Waals surface area (Å²) in [7, 11) is 0. The van der Waals surface area contributed by atoms with Gasteiger partial charge in [0.05, 0.1) is 11.2 Å². The molecule has 2 aliphatic carbocycles. The average Bonchev–Trinajstić information content (AvgIpc) is 3.77. The van der Waals surface area contributed by atoms with Crippen molar-refractivity contribution < 1.29 is 0 Å². The van der Waals surface area contributed by atoms with Crippen molar-refractivity contribution in [2.24, 2.45) is 0 Å². The highest BCUT2D eigenvalue weighted by Crippen LogP contribution is 2.58. The first-order valence-electron chi connectivity index (χ1n) is 17.0. The van der Waals surface area contributed by atoms with E-state index in [1.54, 1.807) is 5.56 Å². The van der Waals surface area contributed by atoms with Crippen LogP contribution in [0.5, 0.6) is 0 Å². The van der Waals surface area contributed by atoms with E-state index in [1.807, 2.05) is 0 Å². The van der Waals surface area contributed by atoms with E-state index in [0.29, 0.717) is 11.8 Å². The van der Waals surface area contributed by atoms with Crippen LogP contribution in [0.4, 0.5) is 0 Å². The van der Waals surface area contributed by atoms with Gasteiger partial charge >= 0.3 is 0 Å². The lowest BCUT2D eigenvalue weighted by molar-refractivity contribution is 0.720. The molecule has 1 nitrogen and oxygen atoms in total. The fourth-order valence-electron chi connectivity index (χ4n) is 9.37. The molecule has 0 N–H and O–H groups in total. The molecule has 220 valence electrons. The van der Waals surface area contributed by atoms with Crippen LogP contribution in [-0.2, 0) is 0 Å². The molecule has 1 heteroatoms. The van der Waals surface area contributed by atoms with Crippen molar-refractivity contribution in [1.82, 2.24) is 4.98 Å². The molecule has 2 unspecified atom stereocenters. The molecule has 1 fully saturated rings. The van der Waals surface area contributed by atoms with Gasteiger partial charge in [0.15, 0.2) is 0 Å². The minimum Gasteiger partial charge on any atom is -0.247 e. The first-order chi connectivity index (χ1) is 23.3. The van der Waals surface area contributed by atoms with Gasteiger partial charge in [0, 0.05) is 16.3 Å². The van der Waals surface area contributed by atoms with Crippen LogP contribution in [-0.4, -0.2) is 4.98 Å². The monoisotopic (exact) mass is 597 g/mol. The first-order valence-corrected chi connectivity index (χ1v) is 17.0. The average molecular weight is 598 g/mol. The number of nitrogens with zero attached hydrogens (tertiary/aromatic N) is 1. The largest absolute Gasteiger partial charge is 0.247 e. The van der Waals surface area contributed by atoms with E-state index in [2.05, 4.69) is 140 Å². The van der Waals surface area contributed by atoms with Crippen LogP contribution < -0.4 is 0 Å². The van der Waals surface area contributed by atoms with Gasteiger partial charge in [0.1, 0.15) is 0 Å². The Kier molecular flexibility index (Phi) is 5.18. The minimum absolute atomic E-state index is 0.613. The molecule has 47 heavy (non-hydrogen) atoms. The Hall–Kier alpha value is -5.53. The van der Waals surface area contributed by atoms with Gasteiger partial charge in [-0.05, 0) is 108 Å². The third-order valence-corrected chi connectivity index (χ3v) is 11.4. The first kappa shape index (κ1) is 25.6. The maximum Gasteiger partial charge on any atom is 0.0791 e. The second kappa shape index (κ2) is 9.50. The van der Waals surface area contributed by atoms with E-state index in [0.717, 1.165) is 0 Å². The van der Waals surface area contributed by atoms with E-state index >= 15 is 0 Å². The van der Waals surface area contributed by atoms with E-state index in [1.165, 1.54) is 112 Å². The van der Waals surface area contributed by atoms with Gasteiger partial charge in [-0.15, -0.1) is 0 Å². The zero-order valence-electron chi connectivity index (χ0n) is 26.0. The Morgan fingerprint density at radius 2 is 1.04 bits per heavy atom. The zero-order valence-corrected chi connectivity index (χ0v) is 26.0. The quantitative estimate of drug-likeness (QED) is 0.146. The summed E-state index contributed by atoms with van der Waals surface area (Å²) in [6, 6.07) is 51.8. The van der Waals surface area contributed by atoms with E-state index in [4.69, 9.17) is 4.98 Å². The lowest BCUT2D eigenvalue weighted by atomic mass is 9.84. The molecule has 0 spiro atoms. The predicted octanol–water partition coefficient (Wildman–Crippen LogP) is 12.7. The Morgan fingerprint density at radius 3 is 1.79 bits per heavy atom. The van der Waals surface area contributed by atoms with Crippen LogP contribution in [0.3, 0.4) is 0 Å². The van der Waals surface area contributed by atoms with Gasteiger partial charge in [-0.25, -0.2) is 4.98 Å². The Bertz CT molecular complexity index is 2690. The van der Waals surface area contributed by atoms with Crippen LogP contribution in [0.15, 0.2) is 140 Å². The standard InChI is InChI=1S/C46H31N/c1-2-7-27(8-3-1)35-23-24-36(38-12-5-4-11-37(35)38)28-13-16-31(17-14-28)45-44-33-20-19-32(25-33)43(44)40-26-34-18-15-29-9-6-10-30-21-22-39(46(40)47-45)42(34)41(29)30/h1-18,21-24,26,32-33H,19-20,25H2. The molecule has 8 aromatic carbocycles. The van der Waals surface area contributed by atoms with Gasteiger partial charge in [0.2, 0.25) is 0 Å². The molecule has 0 saturated heterocycles. The minimum atomic E-state index is 0.613. The second-order valence-corrected chi connectivity index (χ2v) is 13.8. The normalized spacial score (nSPS) is 17.1. The number of rotatable bonds is 3. The maximum atomic E-state index is 5.64. The molecular formula is C46H31N. The van der Waals surface area contributed by atoms with Gasteiger partial charge in [-0.1, -0.05) is 133 Å². The van der Waals surface area contributed by atoms with Crippen molar-refractivity contribution in [3.63, 3.8) is 0 Å². The summed E-state index contributed by atoms with van der Waals surface area (Å²) in [5, 5.41) is 11.9. The van der Waals surface area contributed by atoms with Crippen molar-refractivity contribution >= 4 is 54.0 Å². The molecule has 1 saturated carbocycles. The number of benzene rings is 8. The van der Waals surface area contributed by atoms with E-state index in [-0.39, 0.29) is 0 Å². The lowest BCUT2D eigenvalue weighted by Crippen LogP contribution is -2.05. The van der Waals surface area contributed by atoms with E-state index in [9.17, 15) is 0 Å². The summed E-state index contributed by atoms with van der Waals surface area (Å²) in [4.78, 5) is 5.64. The van der Waals surface area contributed by atoms with Crippen molar-refractivity contribution in [1.29, 1.82) is 0 Å². The molecule has 0 amide bonds. The van der Waals surface area contributed by atoms with Gasteiger partial charge in [-0.2, -0.15) is 0 Å². The third-order valence-electron chi connectivity index (χ3n) is 11.4. The van der Waals surface area contributed by atoms with Crippen LogP contribution in [0.2, 0.25) is 0 Å². The summed E-state index contributed by atoms with van der Waals surface area (Å²) >= 11 is 0. The highest BCUT2D eigenvalue weighted by molar-refractivity contribution is 6.28. The molecular weight excluding hydrogens is 567 g/mol. The van der Waals surface area contributed by atoms with Crippen molar-refractivity contribution in [3.05, 3.63) is 151 Å². The molecule has 1 heterocycles. The Balaban J connectivity index is 1.11. The Morgan fingerprint density at radius 1 is 0.426 bits per heavy atom. The molecule has 0 aliphatic heterocycles. The van der Waals surface area contributed by atoms with Gasteiger partial charge < -0.3 is 0 Å². The summed E-state index contributed by atoms with van der Waals surface area (Å²) in [5.74, 6) is 1.25. The molecule has 11 rings (SSSR count). The second-order valence-electron chi connectivity index (χ2n) is 13.8. The smallest absolute Gasteiger partial charge is 0.0791 e. The molecule has 0 radical (unpaired) electrons. The van der Waals surface area contributed by atoms with Crippen LogP contribution in [0.1, 0.15) is 42.2 Å². The topological polar surface area (TPSA) is 12.9 Å². The lowest BCUT2D eigenvalue weighted by Gasteiger charge is -2.23. The number of hydrogen-bond donors (Lipinski definition) is 0. The Labute approximate surface area is 273 Å². The fraction of sp³-hybridized carbons (Fsp3) is 0.109. The van der Waals surface area contributed by atoms with Crippen molar-refractivity contribution in [2.45, 2.75) is 31.1 Å². The summed E-state index contributed by atoms with van der Waals surface area (Å²) in [5.41, 5.74) is 11.7. The third kappa shape index (κ3) is 3.57. The highest BCUT2D eigenvalue weighted by atomic mass is 14.7. The molecule has 2 bridgehead atoms. The maximum absolute atomic E-state index is 5.64. The van der Waals surface area contributed by atoms with Gasteiger partial charge in [-0.3, -0.25) is 0 Å². The number of hydrogen-bond acceptors (Lipinski definition) is 1. The molecule has 2 atom stereocenters. The van der Waals surface area contributed by atoms with Crippen LogP contribution >= 0.6 is 0 Å². The fourth-order valence-corrected chi connectivity index (χ4v) is 9.37. The molecule has 2 aliphatic rings. The highest BCUT2D eigenvalue weighted by Gasteiger charge is 2.41. The summed E-state index contributed by atoms with van der Waals surface area (Å²) < 4.78 is 0. The number of aromatic nitrogens is 1. The van der Waals surface area contributed by atoms with Crippen LogP contribution in [0, 0.1) is 0 Å². The SMILES string of the molecule is c1ccc(-c2ccc(-c3ccc(-c4nc5c(cc6ccc7cccc8ccc5c6c78)c5c4C4CCC5C4)cc3)c3ccccc23)cc1. The predicted molar refractivity (Wildman–Crippen MR) is 199 cm³/mol. The molecule has 9 aromatic rings. The number of pyridine rings is 1. The van der Waals surface area contributed by atoms with E-state index < -0.39 is 0 Å². The summed E-state index contributed by atoms with van der Waals surface area (Å²) in [6.07, 6.45) is 3.85. The zero-order chi connectivity index (χ0) is 30.6. The van der Waals surface area contributed by atoms with Crippen molar-refractivity contribution in [2.75, 3.05) is 0 Å². The van der Waals surface area contributed by atoms with Crippen molar-refractivity contribution in [3.8, 4) is 33.5 Å².